The highest BCUT2D eigenvalue weighted by Crippen LogP contribution is 2.47. The Bertz CT molecular complexity index is 1310. The van der Waals surface area contributed by atoms with Gasteiger partial charge in [-0.05, 0) is 55.4 Å². The number of anilines is 2. The van der Waals surface area contributed by atoms with Crippen LogP contribution in [0.25, 0.3) is 16.5 Å². The molecule has 2 aromatic heterocycles. The number of carbonyl (C=O) groups is 1. The van der Waals surface area contributed by atoms with E-state index in [1.165, 1.54) is 18.4 Å². The Kier molecular flexibility index (Phi) is 4.60. The van der Waals surface area contributed by atoms with Crippen molar-refractivity contribution in [3.63, 3.8) is 0 Å². The van der Waals surface area contributed by atoms with Gasteiger partial charge >= 0.3 is 0 Å². The zero-order chi connectivity index (χ0) is 22.5. The molecule has 1 aromatic carbocycles. The molecule has 0 unspecified atom stereocenters. The third kappa shape index (κ3) is 3.71. The molecule has 0 spiro atoms. The summed E-state index contributed by atoms with van der Waals surface area (Å²) in [7, 11) is 3.43. The van der Waals surface area contributed by atoms with Crippen LogP contribution in [0.15, 0.2) is 35.9 Å². The molecule has 6 rings (SSSR count). The van der Waals surface area contributed by atoms with Crippen LogP contribution in [0.5, 0.6) is 0 Å². The number of aromatic nitrogens is 5. The standard InChI is InChI=1S/C23H26N8O2/c1-31-23(27-17-8-7-16-15(11-25-29-16)19(17)12-3-4-12)28-21(30-31)13-9-18(33-2)20(24-10-13)22(32)26-14-5-6-14/h7-9,11-12,14,24H,3-6,10H2,1-2H3,(H,25,29)(H,26,32)(H,27,28,30). The van der Waals surface area contributed by atoms with Crippen molar-refractivity contribution in [3.05, 3.63) is 47.2 Å². The number of amides is 1. The fourth-order valence-corrected chi connectivity index (χ4v) is 4.24. The van der Waals surface area contributed by atoms with E-state index >= 15 is 0 Å². The summed E-state index contributed by atoms with van der Waals surface area (Å²) in [5, 5.41) is 22.7. The van der Waals surface area contributed by atoms with Gasteiger partial charge in [0.1, 0.15) is 11.5 Å². The number of benzene rings is 1. The minimum atomic E-state index is -0.136. The average molecular weight is 447 g/mol. The first kappa shape index (κ1) is 19.8. The van der Waals surface area contributed by atoms with E-state index in [-0.39, 0.29) is 11.9 Å². The molecule has 170 valence electrons. The summed E-state index contributed by atoms with van der Waals surface area (Å²) in [6.45, 7) is 0.442. The molecule has 33 heavy (non-hydrogen) atoms. The Morgan fingerprint density at radius 3 is 2.85 bits per heavy atom. The van der Waals surface area contributed by atoms with Crippen molar-refractivity contribution in [2.45, 2.75) is 37.6 Å². The van der Waals surface area contributed by atoms with E-state index in [0.717, 1.165) is 35.0 Å². The molecule has 0 radical (unpaired) electrons. The topological polar surface area (TPSA) is 122 Å². The van der Waals surface area contributed by atoms with Crippen LogP contribution in [0.1, 0.15) is 43.0 Å². The lowest BCUT2D eigenvalue weighted by molar-refractivity contribution is -0.118. The number of carbonyl (C=O) groups excluding carboxylic acids is 1. The number of hydrogen-bond acceptors (Lipinski definition) is 7. The van der Waals surface area contributed by atoms with Crippen molar-refractivity contribution in [1.29, 1.82) is 0 Å². The van der Waals surface area contributed by atoms with Gasteiger partial charge in [0.25, 0.3) is 5.91 Å². The Balaban J connectivity index is 1.29. The second kappa shape index (κ2) is 7.65. The molecular formula is C23H26N8O2. The zero-order valence-electron chi connectivity index (χ0n) is 18.6. The van der Waals surface area contributed by atoms with Crippen LogP contribution in [-0.4, -0.2) is 50.6 Å². The van der Waals surface area contributed by atoms with Gasteiger partial charge < -0.3 is 20.7 Å². The van der Waals surface area contributed by atoms with Crippen LogP contribution in [0.3, 0.4) is 0 Å². The number of allylic oxidation sites excluding steroid dienone is 1. The monoisotopic (exact) mass is 446 g/mol. The number of hydrogen-bond donors (Lipinski definition) is 4. The number of aryl methyl sites for hydroxylation is 1. The molecule has 10 heteroatoms. The lowest BCUT2D eigenvalue weighted by atomic mass is 10.0. The Hall–Kier alpha value is -3.82. The summed E-state index contributed by atoms with van der Waals surface area (Å²) in [5.74, 6) is 2.12. The van der Waals surface area contributed by atoms with Gasteiger partial charge in [-0.25, -0.2) is 4.68 Å². The fraction of sp³-hybridized carbons (Fsp3) is 0.391. The van der Waals surface area contributed by atoms with Gasteiger partial charge in [-0.1, -0.05) is 0 Å². The normalized spacial score (nSPS) is 18.2. The number of methoxy groups -OCH3 is 1. The molecule has 4 N–H and O–H groups in total. The van der Waals surface area contributed by atoms with Crippen molar-refractivity contribution in [3.8, 4) is 0 Å². The van der Waals surface area contributed by atoms with Crippen LogP contribution in [0.2, 0.25) is 0 Å². The van der Waals surface area contributed by atoms with Gasteiger partial charge in [-0.2, -0.15) is 10.1 Å². The molecule has 2 saturated carbocycles. The number of ether oxygens (including phenoxy) is 1. The predicted molar refractivity (Wildman–Crippen MR) is 124 cm³/mol. The molecule has 1 amide bonds. The maximum atomic E-state index is 12.5. The molecule has 1 aliphatic heterocycles. The summed E-state index contributed by atoms with van der Waals surface area (Å²) in [6.07, 6.45) is 8.17. The quantitative estimate of drug-likeness (QED) is 0.440. The van der Waals surface area contributed by atoms with Crippen molar-refractivity contribution in [1.82, 2.24) is 35.6 Å². The Morgan fingerprint density at radius 1 is 1.24 bits per heavy atom. The highest BCUT2D eigenvalue weighted by Gasteiger charge is 2.30. The molecule has 3 heterocycles. The van der Waals surface area contributed by atoms with Crippen LogP contribution in [0, 0.1) is 0 Å². The second-order valence-electron chi connectivity index (χ2n) is 8.85. The smallest absolute Gasteiger partial charge is 0.271 e. The summed E-state index contributed by atoms with van der Waals surface area (Å²) >= 11 is 0. The first-order chi connectivity index (χ1) is 16.1. The average Bonchev–Trinajstić information content (AvgIpc) is 3.74. The molecule has 0 saturated heterocycles. The molecule has 3 aliphatic rings. The van der Waals surface area contributed by atoms with Gasteiger partial charge in [0.2, 0.25) is 5.95 Å². The third-order valence-electron chi connectivity index (χ3n) is 6.32. The third-order valence-corrected chi connectivity index (χ3v) is 6.32. The fourth-order valence-electron chi connectivity index (χ4n) is 4.24. The van der Waals surface area contributed by atoms with Gasteiger partial charge in [0, 0.05) is 36.3 Å². The summed E-state index contributed by atoms with van der Waals surface area (Å²) in [5.41, 5.74) is 4.65. The molecular weight excluding hydrogens is 420 g/mol. The number of nitrogens with zero attached hydrogens (tertiary/aromatic N) is 4. The van der Waals surface area contributed by atoms with Crippen molar-refractivity contribution >= 4 is 34.0 Å². The van der Waals surface area contributed by atoms with E-state index in [1.54, 1.807) is 11.8 Å². The van der Waals surface area contributed by atoms with E-state index in [4.69, 9.17) is 9.72 Å². The van der Waals surface area contributed by atoms with Crippen molar-refractivity contribution in [2.24, 2.45) is 7.05 Å². The van der Waals surface area contributed by atoms with E-state index in [2.05, 4.69) is 37.3 Å². The highest BCUT2D eigenvalue weighted by molar-refractivity contribution is 5.95. The van der Waals surface area contributed by atoms with Crippen LogP contribution in [-0.2, 0) is 16.6 Å². The van der Waals surface area contributed by atoms with Gasteiger partial charge in [0.15, 0.2) is 5.82 Å². The van der Waals surface area contributed by atoms with Crippen molar-refractivity contribution < 1.29 is 9.53 Å². The lowest BCUT2D eigenvalue weighted by Gasteiger charge is -2.19. The molecule has 2 aliphatic carbocycles. The van der Waals surface area contributed by atoms with E-state index in [0.29, 0.717) is 35.7 Å². The summed E-state index contributed by atoms with van der Waals surface area (Å²) in [6, 6.07) is 4.38. The van der Waals surface area contributed by atoms with E-state index in [1.807, 2.05) is 25.4 Å². The first-order valence-corrected chi connectivity index (χ1v) is 11.3. The first-order valence-electron chi connectivity index (χ1n) is 11.3. The molecule has 10 nitrogen and oxygen atoms in total. The number of aromatic amines is 1. The lowest BCUT2D eigenvalue weighted by Crippen LogP contribution is -2.36. The van der Waals surface area contributed by atoms with Gasteiger partial charge in [-0.15, -0.1) is 5.10 Å². The molecule has 2 fully saturated rings. The highest BCUT2D eigenvalue weighted by atomic mass is 16.5. The predicted octanol–water partition coefficient (Wildman–Crippen LogP) is 2.44. The molecule has 0 bridgehead atoms. The Morgan fingerprint density at radius 2 is 2.09 bits per heavy atom. The number of dihydropyridines is 1. The van der Waals surface area contributed by atoms with Gasteiger partial charge in [0.05, 0.1) is 18.8 Å². The maximum Gasteiger partial charge on any atom is 0.271 e. The minimum absolute atomic E-state index is 0.136. The largest absolute Gasteiger partial charge is 0.494 e. The van der Waals surface area contributed by atoms with E-state index in [9.17, 15) is 4.79 Å². The Labute approximate surface area is 190 Å². The summed E-state index contributed by atoms with van der Waals surface area (Å²) in [4.78, 5) is 17.2. The summed E-state index contributed by atoms with van der Waals surface area (Å²) < 4.78 is 7.22. The van der Waals surface area contributed by atoms with E-state index < -0.39 is 0 Å². The van der Waals surface area contributed by atoms with Crippen LogP contribution >= 0.6 is 0 Å². The molecule has 0 atom stereocenters. The van der Waals surface area contributed by atoms with Crippen LogP contribution < -0.4 is 16.0 Å². The number of rotatable bonds is 7. The van der Waals surface area contributed by atoms with Crippen molar-refractivity contribution in [2.75, 3.05) is 19.0 Å². The zero-order valence-corrected chi connectivity index (χ0v) is 18.6. The minimum Gasteiger partial charge on any atom is -0.494 e. The SMILES string of the molecule is COC1=C(C(=O)NC2CC2)NCC(c2nc(Nc3ccc4[nH]ncc4c3C3CC3)n(C)n2)=C1. The number of H-pyrrole nitrogens is 1. The maximum absolute atomic E-state index is 12.5. The number of fused-ring (bicyclic) bond motifs is 1. The van der Waals surface area contributed by atoms with Gasteiger partial charge in [-0.3, -0.25) is 9.89 Å². The number of nitrogens with one attached hydrogen (secondary N) is 4. The van der Waals surface area contributed by atoms with Crippen LogP contribution in [0.4, 0.5) is 11.6 Å². The second-order valence-corrected chi connectivity index (χ2v) is 8.85. The molecule has 3 aromatic rings.